The summed E-state index contributed by atoms with van der Waals surface area (Å²) in [5, 5.41) is 39.0. The van der Waals surface area contributed by atoms with Gasteiger partial charge >= 0.3 is 6.36 Å². The Labute approximate surface area is 176 Å². The molecule has 1 aliphatic carbocycles. The van der Waals surface area contributed by atoms with Gasteiger partial charge in [0.15, 0.2) is 5.41 Å². The first-order chi connectivity index (χ1) is 14.7. The van der Waals surface area contributed by atoms with E-state index < -0.39 is 46.6 Å². The van der Waals surface area contributed by atoms with Crippen LogP contribution in [0.15, 0.2) is 24.3 Å². The summed E-state index contributed by atoms with van der Waals surface area (Å²) in [5.41, 5.74) is -3.76. The summed E-state index contributed by atoms with van der Waals surface area (Å²) >= 11 is 0. The molecule has 2 bridgehead atoms. The number of hydrogen-bond donors (Lipinski definition) is 1. The second-order valence-corrected chi connectivity index (χ2v) is 7.96. The lowest BCUT2D eigenvalue weighted by Crippen LogP contribution is -2.59. The van der Waals surface area contributed by atoms with Crippen LogP contribution in [0.1, 0.15) is 43.8 Å². The van der Waals surface area contributed by atoms with Crippen molar-refractivity contribution in [3.05, 3.63) is 29.8 Å². The fourth-order valence-electron chi connectivity index (χ4n) is 5.18. The molecule has 4 unspecified atom stereocenters. The van der Waals surface area contributed by atoms with E-state index in [1.165, 1.54) is 12.1 Å². The highest BCUT2D eigenvalue weighted by atomic mass is 19.4. The number of benzene rings is 1. The molecule has 10 heteroatoms. The third-order valence-corrected chi connectivity index (χ3v) is 6.48. The maximum atomic E-state index is 12.5. The number of hydrogen-bond acceptors (Lipinski definition) is 7. The number of ether oxygens (including phenoxy) is 3. The highest BCUT2D eigenvalue weighted by Crippen LogP contribution is 2.69. The third kappa shape index (κ3) is 2.77. The van der Waals surface area contributed by atoms with Crippen LogP contribution in [-0.4, -0.2) is 18.0 Å². The maximum absolute atomic E-state index is 12.5. The fraction of sp³-hybridized carbons (Fsp3) is 0.524. The van der Waals surface area contributed by atoms with Gasteiger partial charge in [0.2, 0.25) is 17.1 Å². The topological polar surface area (TPSA) is 123 Å². The number of nitrogens with zero attached hydrogens (tertiary/aromatic N) is 3. The normalized spacial score (nSPS) is 33.6. The van der Waals surface area contributed by atoms with Crippen LogP contribution in [0.3, 0.4) is 0 Å². The first-order valence-corrected chi connectivity index (χ1v) is 9.73. The van der Waals surface area contributed by atoms with Crippen LogP contribution in [0.5, 0.6) is 5.75 Å². The maximum Gasteiger partial charge on any atom is 0.573 e. The predicted molar refractivity (Wildman–Crippen MR) is 96.8 cm³/mol. The summed E-state index contributed by atoms with van der Waals surface area (Å²) in [6.45, 7) is 0. The van der Waals surface area contributed by atoms with Crippen LogP contribution in [0.25, 0.3) is 0 Å². The van der Waals surface area contributed by atoms with Crippen LogP contribution in [0, 0.1) is 56.2 Å². The Bertz CT molecular complexity index is 1020. The Hall–Kier alpha value is -3.29. The average molecular weight is 430 g/mol. The van der Waals surface area contributed by atoms with Crippen molar-refractivity contribution in [3.8, 4) is 24.0 Å². The van der Waals surface area contributed by atoms with Crippen molar-refractivity contribution in [1.82, 2.24) is 0 Å². The minimum absolute atomic E-state index is 0.220. The van der Waals surface area contributed by atoms with E-state index in [-0.39, 0.29) is 5.56 Å². The van der Waals surface area contributed by atoms with Crippen LogP contribution in [0.2, 0.25) is 0 Å². The van der Waals surface area contributed by atoms with Gasteiger partial charge in [-0.2, -0.15) is 15.8 Å². The van der Waals surface area contributed by atoms with Crippen molar-refractivity contribution in [1.29, 1.82) is 21.2 Å². The van der Waals surface area contributed by atoms with Gasteiger partial charge in [-0.15, -0.1) is 13.2 Å². The average Bonchev–Trinajstić information content (AvgIpc) is 2.85. The van der Waals surface area contributed by atoms with Crippen LogP contribution >= 0.6 is 0 Å². The highest BCUT2D eigenvalue weighted by molar-refractivity contribution is 5.89. The Balaban J connectivity index is 1.86. The molecule has 0 spiro atoms. The molecule has 2 aliphatic heterocycles. The minimum Gasteiger partial charge on any atom is -0.447 e. The summed E-state index contributed by atoms with van der Waals surface area (Å²) in [4.78, 5) is 0. The van der Waals surface area contributed by atoms with Gasteiger partial charge in [0.25, 0.3) is 0 Å². The fourth-order valence-corrected chi connectivity index (χ4v) is 5.18. The number of nitrogens with one attached hydrogen (secondary N) is 1. The van der Waals surface area contributed by atoms with E-state index in [0.717, 1.165) is 25.0 Å². The van der Waals surface area contributed by atoms with E-state index in [4.69, 9.17) is 14.9 Å². The second-order valence-electron chi connectivity index (χ2n) is 7.96. The zero-order chi connectivity index (χ0) is 22.5. The first kappa shape index (κ1) is 21.0. The van der Waals surface area contributed by atoms with Gasteiger partial charge in [0.1, 0.15) is 11.9 Å². The van der Waals surface area contributed by atoms with Crippen molar-refractivity contribution >= 4 is 5.90 Å². The van der Waals surface area contributed by atoms with E-state index in [1.54, 1.807) is 0 Å². The summed E-state index contributed by atoms with van der Waals surface area (Å²) in [7, 11) is 0. The van der Waals surface area contributed by atoms with Gasteiger partial charge in [0.05, 0.1) is 24.1 Å². The van der Waals surface area contributed by atoms with E-state index >= 15 is 0 Å². The second kappa shape index (κ2) is 6.87. The Morgan fingerprint density at radius 3 is 2.29 bits per heavy atom. The summed E-state index contributed by atoms with van der Waals surface area (Å²) < 4.78 is 53.4. The van der Waals surface area contributed by atoms with Gasteiger partial charge < -0.3 is 14.2 Å². The molecular formula is C21H17F3N4O3. The molecule has 1 aromatic carbocycles. The summed E-state index contributed by atoms with van der Waals surface area (Å²) in [6, 6.07) is 10.5. The minimum atomic E-state index is -4.87. The molecule has 4 rings (SSSR count). The first-order valence-electron chi connectivity index (χ1n) is 9.73. The Morgan fingerprint density at radius 1 is 1.03 bits per heavy atom. The molecule has 0 aromatic heterocycles. The van der Waals surface area contributed by atoms with Crippen molar-refractivity contribution in [2.24, 2.45) is 16.7 Å². The zero-order valence-corrected chi connectivity index (χ0v) is 16.2. The van der Waals surface area contributed by atoms with Crippen molar-refractivity contribution < 1.29 is 27.4 Å². The Morgan fingerprint density at radius 2 is 1.71 bits per heavy atom. The van der Waals surface area contributed by atoms with Crippen LogP contribution < -0.4 is 4.74 Å². The van der Waals surface area contributed by atoms with E-state index in [0.29, 0.717) is 19.3 Å². The highest BCUT2D eigenvalue weighted by Gasteiger charge is 2.80. The largest absolute Gasteiger partial charge is 0.573 e. The lowest BCUT2D eigenvalue weighted by Gasteiger charge is -2.49. The van der Waals surface area contributed by atoms with E-state index in [2.05, 4.69) is 10.8 Å². The molecule has 2 heterocycles. The van der Waals surface area contributed by atoms with Crippen LogP contribution in [-0.2, 0) is 9.47 Å². The SMILES string of the molecule is N#CC1(C#N)C(c2ccc(OC(F)(F)F)cc2)OC23CCCCCC2C1(C#N)C(=N)O3. The number of alkyl halides is 3. The van der Waals surface area contributed by atoms with Crippen molar-refractivity contribution in [3.63, 3.8) is 0 Å². The molecule has 3 fully saturated rings. The van der Waals surface area contributed by atoms with Gasteiger partial charge in [-0.3, -0.25) is 5.41 Å². The molecule has 1 aromatic rings. The van der Waals surface area contributed by atoms with Gasteiger partial charge in [-0.25, -0.2) is 0 Å². The predicted octanol–water partition coefficient (Wildman–Crippen LogP) is 4.48. The van der Waals surface area contributed by atoms with E-state index in [1.807, 2.05) is 12.1 Å². The molecule has 3 aliphatic rings. The van der Waals surface area contributed by atoms with Gasteiger partial charge in [-0.1, -0.05) is 25.0 Å². The standard InChI is InChI=1S/C21H17F3N4O3/c22-21(23,24)29-14-7-5-13(6-8-14)16-18(10-25,11-26)19(12-27)15-4-2-1-3-9-20(15,30-16)31-17(19)28/h5-8,15-16,28H,1-4,9H2. The molecule has 0 amide bonds. The molecular weight excluding hydrogens is 413 g/mol. The van der Waals surface area contributed by atoms with Crippen molar-refractivity contribution in [2.45, 2.75) is 50.4 Å². The molecule has 7 nitrogen and oxygen atoms in total. The molecule has 4 atom stereocenters. The van der Waals surface area contributed by atoms with Crippen molar-refractivity contribution in [2.75, 3.05) is 0 Å². The lowest BCUT2D eigenvalue weighted by atomic mass is 9.52. The Kier molecular flexibility index (Phi) is 4.64. The molecule has 1 saturated carbocycles. The van der Waals surface area contributed by atoms with Gasteiger partial charge in [0, 0.05) is 6.42 Å². The molecule has 1 N–H and O–H groups in total. The van der Waals surface area contributed by atoms with Gasteiger partial charge in [-0.05, 0) is 30.5 Å². The summed E-state index contributed by atoms with van der Waals surface area (Å²) in [5.74, 6) is -2.96. The molecule has 0 radical (unpaired) electrons. The van der Waals surface area contributed by atoms with Crippen LogP contribution in [0.4, 0.5) is 13.2 Å². The molecule has 31 heavy (non-hydrogen) atoms. The quantitative estimate of drug-likeness (QED) is 0.738. The molecule has 2 saturated heterocycles. The number of rotatable bonds is 2. The number of nitriles is 3. The zero-order valence-electron chi connectivity index (χ0n) is 16.2. The molecule has 160 valence electrons. The van der Waals surface area contributed by atoms with E-state index in [9.17, 15) is 29.0 Å². The third-order valence-electron chi connectivity index (χ3n) is 6.48. The monoisotopic (exact) mass is 430 g/mol. The number of halogens is 3. The smallest absolute Gasteiger partial charge is 0.447 e. The lowest BCUT2D eigenvalue weighted by molar-refractivity contribution is -0.284. The summed E-state index contributed by atoms with van der Waals surface area (Å²) in [6.07, 6.45) is -3.06.